The van der Waals surface area contributed by atoms with E-state index in [4.69, 9.17) is 14.9 Å². The average molecular weight is 367 g/mol. The summed E-state index contributed by atoms with van der Waals surface area (Å²) < 4.78 is 5.50. The van der Waals surface area contributed by atoms with Gasteiger partial charge < -0.3 is 20.3 Å². The normalized spacial score (nSPS) is 11.7. The van der Waals surface area contributed by atoms with Crippen LogP contribution in [0.5, 0.6) is 5.75 Å². The highest BCUT2D eigenvalue weighted by atomic mass is 16.5. The van der Waals surface area contributed by atoms with E-state index in [2.05, 4.69) is 30.4 Å². The number of hydrogen-bond donors (Lipinski definition) is 3. The van der Waals surface area contributed by atoms with E-state index in [0.29, 0.717) is 25.9 Å². The number of aliphatic carboxylic acids is 2. The molecule has 0 atom stereocenters. The summed E-state index contributed by atoms with van der Waals surface area (Å²) in [6, 6.07) is 6.44. The van der Waals surface area contributed by atoms with Crippen molar-refractivity contribution in [1.29, 1.82) is 0 Å². The monoisotopic (exact) mass is 367 g/mol. The lowest BCUT2D eigenvalue weighted by Gasteiger charge is -2.16. The number of benzene rings is 1. The molecule has 0 fully saturated rings. The van der Waals surface area contributed by atoms with Crippen LogP contribution in [0.2, 0.25) is 0 Å². The van der Waals surface area contributed by atoms with Gasteiger partial charge in [0.1, 0.15) is 5.75 Å². The third-order valence-electron chi connectivity index (χ3n) is 3.56. The van der Waals surface area contributed by atoms with Crippen LogP contribution >= 0.6 is 0 Å². The molecule has 0 radical (unpaired) electrons. The summed E-state index contributed by atoms with van der Waals surface area (Å²) in [7, 11) is 0. The van der Waals surface area contributed by atoms with E-state index in [1.165, 1.54) is 17.5 Å². The number of nitrogens with one attached hydrogen (secondary N) is 1. The van der Waals surface area contributed by atoms with Crippen molar-refractivity contribution in [3.05, 3.63) is 29.3 Å². The highest BCUT2D eigenvalue weighted by Crippen LogP contribution is 2.25. The molecule has 1 aliphatic rings. The van der Waals surface area contributed by atoms with Crippen molar-refractivity contribution in [2.75, 3.05) is 19.7 Å². The second kappa shape index (κ2) is 15.2. The maximum absolute atomic E-state index is 10.1. The van der Waals surface area contributed by atoms with Crippen molar-refractivity contribution in [1.82, 2.24) is 5.32 Å². The fraction of sp³-hybridized carbons (Fsp3) is 0.600. The fourth-order valence-electron chi connectivity index (χ4n) is 2.30. The third-order valence-corrected chi connectivity index (χ3v) is 3.56. The lowest BCUT2D eigenvalue weighted by atomic mass is 10.0. The van der Waals surface area contributed by atoms with Crippen molar-refractivity contribution in [2.24, 2.45) is 0 Å². The minimum absolute atomic E-state index is 0.159. The van der Waals surface area contributed by atoms with Crippen molar-refractivity contribution in [3.8, 4) is 5.75 Å². The van der Waals surface area contributed by atoms with Crippen molar-refractivity contribution in [2.45, 2.75) is 59.3 Å². The van der Waals surface area contributed by atoms with Gasteiger partial charge in [-0.2, -0.15) is 0 Å². The summed E-state index contributed by atoms with van der Waals surface area (Å²) in [6.07, 6.45) is 3.83. The third kappa shape index (κ3) is 12.3. The van der Waals surface area contributed by atoms with Gasteiger partial charge >= 0.3 is 11.9 Å². The molecule has 0 aliphatic carbocycles. The predicted octanol–water partition coefficient (Wildman–Crippen LogP) is 3.65. The molecule has 0 bridgehead atoms. The topological polar surface area (TPSA) is 95.9 Å². The summed E-state index contributed by atoms with van der Waals surface area (Å²) in [5, 5.41) is 19.5. The van der Waals surface area contributed by atoms with Gasteiger partial charge in [0.15, 0.2) is 0 Å². The van der Waals surface area contributed by atoms with Gasteiger partial charge in [0.25, 0.3) is 0 Å². The predicted molar refractivity (Wildman–Crippen MR) is 103 cm³/mol. The van der Waals surface area contributed by atoms with Crippen LogP contribution in [0.4, 0.5) is 0 Å². The Labute approximate surface area is 156 Å². The molecule has 148 valence electrons. The Morgan fingerprint density at radius 3 is 2.19 bits per heavy atom. The largest absolute Gasteiger partial charge is 0.493 e. The SMILES string of the molecule is CC.Cc1ccc2c(c1)OCCC2.O=C(O)CCCNCCCC(=O)O. The highest BCUT2D eigenvalue weighted by Gasteiger charge is 2.08. The lowest BCUT2D eigenvalue weighted by Crippen LogP contribution is -2.18. The summed E-state index contributed by atoms with van der Waals surface area (Å²) >= 11 is 0. The maximum Gasteiger partial charge on any atom is 0.303 e. The van der Waals surface area contributed by atoms with Crippen molar-refractivity contribution >= 4 is 11.9 Å². The van der Waals surface area contributed by atoms with E-state index in [-0.39, 0.29) is 12.8 Å². The number of hydrogen-bond acceptors (Lipinski definition) is 4. The molecule has 0 spiro atoms. The Bertz CT molecular complexity index is 513. The molecule has 0 saturated heterocycles. The minimum Gasteiger partial charge on any atom is -0.493 e. The molecule has 1 heterocycles. The molecule has 6 heteroatoms. The first kappa shape index (κ1) is 23.9. The van der Waals surface area contributed by atoms with Gasteiger partial charge in [-0.3, -0.25) is 9.59 Å². The first-order chi connectivity index (χ1) is 12.5. The molecule has 0 amide bonds. The molecule has 3 N–H and O–H groups in total. The van der Waals surface area contributed by atoms with E-state index < -0.39 is 11.9 Å². The molecule has 2 rings (SSSR count). The summed E-state index contributed by atoms with van der Waals surface area (Å²) in [6.45, 7) is 8.24. The molecule has 0 saturated carbocycles. The molecular weight excluding hydrogens is 334 g/mol. The number of aryl methyl sites for hydroxylation is 2. The first-order valence-electron chi connectivity index (χ1n) is 9.35. The van der Waals surface area contributed by atoms with Crippen LogP contribution in [0.3, 0.4) is 0 Å². The van der Waals surface area contributed by atoms with Gasteiger partial charge in [-0.15, -0.1) is 0 Å². The standard InChI is InChI=1S/C10H12O.C8H15NO4.C2H6/c1-8-4-5-9-3-2-6-11-10(9)7-8;10-7(11)3-1-5-9-6-2-4-8(12)13;1-2/h4-5,7H,2-3,6H2,1H3;9H,1-6H2,(H,10,11)(H,12,13);1-2H3. The average Bonchev–Trinajstić information content (AvgIpc) is 2.62. The Kier molecular flexibility index (Phi) is 14.0. The molecule has 0 unspecified atom stereocenters. The van der Waals surface area contributed by atoms with E-state index in [9.17, 15) is 9.59 Å². The van der Waals surface area contributed by atoms with Crippen LogP contribution in [0.15, 0.2) is 18.2 Å². The first-order valence-corrected chi connectivity index (χ1v) is 9.35. The number of carboxylic acid groups (broad SMARTS) is 2. The van der Waals surface area contributed by atoms with Crippen LogP contribution in [-0.4, -0.2) is 41.8 Å². The van der Waals surface area contributed by atoms with Crippen LogP contribution in [0.1, 0.15) is 57.1 Å². The quantitative estimate of drug-likeness (QED) is 0.607. The lowest BCUT2D eigenvalue weighted by molar-refractivity contribution is -0.138. The van der Waals surface area contributed by atoms with Crippen LogP contribution in [0.25, 0.3) is 0 Å². The van der Waals surface area contributed by atoms with Crippen LogP contribution in [0, 0.1) is 6.92 Å². The molecule has 0 aromatic heterocycles. The van der Waals surface area contributed by atoms with Crippen molar-refractivity contribution < 1.29 is 24.5 Å². The highest BCUT2D eigenvalue weighted by molar-refractivity contribution is 5.66. The van der Waals surface area contributed by atoms with Gasteiger partial charge in [-0.25, -0.2) is 0 Å². The molecule has 1 aliphatic heterocycles. The molecule has 1 aromatic rings. The van der Waals surface area contributed by atoms with E-state index >= 15 is 0 Å². The molecular formula is C20H33NO5. The molecule has 26 heavy (non-hydrogen) atoms. The zero-order chi connectivity index (χ0) is 19.8. The fourth-order valence-corrected chi connectivity index (χ4v) is 2.30. The number of ether oxygens (including phenoxy) is 1. The minimum atomic E-state index is -0.799. The van der Waals surface area contributed by atoms with Gasteiger partial charge in [0.2, 0.25) is 0 Å². The van der Waals surface area contributed by atoms with E-state index in [1.807, 2.05) is 13.8 Å². The zero-order valence-corrected chi connectivity index (χ0v) is 16.2. The number of carbonyl (C=O) groups is 2. The Balaban J connectivity index is 0.000000441. The molecule has 6 nitrogen and oxygen atoms in total. The number of rotatable bonds is 8. The van der Waals surface area contributed by atoms with E-state index in [1.54, 1.807) is 0 Å². The Morgan fingerprint density at radius 2 is 1.65 bits per heavy atom. The smallest absolute Gasteiger partial charge is 0.303 e. The Hall–Kier alpha value is -2.08. The zero-order valence-electron chi connectivity index (χ0n) is 16.2. The summed E-state index contributed by atoms with van der Waals surface area (Å²) in [4.78, 5) is 20.1. The van der Waals surface area contributed by atoms with E-state index in [0.717, 1.165) is 18.8 Å². The number of fused-ring (bicyclic) bond motifs is 1. The maximum atomic E-state index is 10.1. The Morgan fingerprint density at radius 1 is 1.08 bits per heavy atom. The molecule has 1 aromatic carbocycles. The van der Waals surface area contributed by atoms with Gasteiger partial charge in [0, 0.05) is 12.8 Å². The number of carboxylic acids is 2. The summed E-state index contributed by atoms with van der Waals surface area (Å²) in [5.41, 5.74) is 2.65. The van der Waals surface area contributed by atoms with Crippen molar-refractivity contribution in [3.63, 3.8) is 0 Å². The second-order valence-electron chi connectivity index (χ2n) is 5.81. The second-order valence-corrected chi connectivity index (χ2v) is 5.81. The van der Waals surface area contributed by atoms with Crippen LogP contribution < -0.4 is 10.1 Å². The van der Waals surface area contributed by atoms with Crippen LogP contribution in [-0.2, 0) is 16.0 Å². The van der Waals surface area contributed by atoms with Gasteiger partial charge in [-0.1, -0.05) is 26.0 Å². The van der Waals surface area contributed by atoms with Gasteiger partial charge in [-0.05, 0) is 62.9 Å². The van der Waals surface area contributed by atoms with Gasteiger partial charge in [0.05, 0.1) is 6.61 Å². The summed E-state index contributed by atoms with van der Waals surface area (Å²) in [5.74, 6) is -0.504.